The lowest BCUT2D eigenvalue weighted by molar-refractivity contribution is 0.0685. The van der Waals surface area contributed by atoms with Gasteiger partial charge in [0, 0.05) is 17.4 Å². The fourth-order valence-corrected chi connectivity index (χ4v) is 2.37. The summed E-state index contributed by atoms with van der Waals surface area (Å²) >= 11 is 0. The van der Waals surface area contributed by atoms with E-state index in [0.29, 0.717) is 11.6 Å². The first-order valence-electron chi connectivity index (χ1n) is 5.99. The van der Waals surface area contributed by atoms with Crippen LogP contribution in [0.5, 0.6) is 0 Å². The van der Waals surface area contributed by atoms with Crippen LogP contribution in [0.1, 0.15) is 28.9 Å². The summed E-state index contributed by atoms with van der Waals surface area (Å²) in [5, 5.41) is 10.3. The Bertz CT molecular complexity index is 594. The predicted octanol–water partition coefficient (Wildman–Crippen LogP) is 3.06. The first-order chi connectivity index (χ1) is 8.16. The van der Waals surface area contributed by atoms with Crippen LogP contribution in [0, 0.1) is 12.8 Å². The van der Waals surface area contributed by atoms with Crippen LogP contribution in [0.2, 0.25) is 0 Å². The van der Waals surface area contributed by atoms with E-state index in [4.69, 9.17) is 0 Å². The standard InChI is InChI=1S/C14H15NO2/c1-9-3-2-4-12-11(9)7-13(14(16)17)15(12)8-10-5-6-10/h2-4,7,10H,5-6,8H2,1H3,(H,16,17). The molecule has 0 spiro atoms. The normalized spacial score (nSPS) is 15.4. The number of carboxylic acid groups (broad SMARTS) is 1. The van der Waals surface area contributed by atoms with Gasteiger partial charge in [-0.3, -0.25) is 0 Å². The molecule has 1 aliphatic carbocycles. The summed E-state index contributed by atoms with van der Waals surface area (Å²) in [6, 6.07) is 7.83. The van der Waals surface area contributed by atoms with Crippen LogP contribution < -0.4 is 0 Å². The van der Waals surface area contributed by atoms with Crippen molar-refractivity contribution in [2.45, 2.75) is 26.3 Å². The molecule has 0 aliphatic heterocycles. The third-order valence-corrected chi connectivity index (χ3v) is 3.52. The Kier molecular flexibility index (Phi) is 2.21. The average molecular weight is 229 g/mol. The van der Waals surface area contributed by atoms with Crippen LogP contribution in [0.25, 0.3) is 10.9 Å². The molecule has 1 heterocycles. The quantitative estimate of drug-likeness (QED) is 0.878. The highest BCUT2D eigenvalue weighted by atomic mass is 16.4. The fraction of sp³-hybridized carbons (Fsp3) is 0.357. The molecule has 0 saturated heterocycles. The Morgan fingerprint density at radius 1 is 1.47 bits per heavy atom. The summed E-state index contributed by atoms with van der Waals surface area (Å²) in [7, 11) is 0. The molecule has 0 radical (unpaired) electrons. The molecule has 1 aromatic heterocycles. The van der Waals surface area contributed by atoms with E-state index in [1.54, 1.807) is 6.07 Å². The zero-order valence-electron chi connectivity index (χ0n) is 9.81. The summed E-state index contributed by atoms with van der Waals surface area (Å²) in [4.78, 5) is 11.3. The van der Waals surface area contributed by atoms with Gasteiger partial charge < -0.3 is 9.67 Å². The highest BCUT2D eigenvalue weighted by Gasteiger charge is 2.25. The van der Waals surface area contributed by atoms with Gasteiger partial charge in [-0.25, -0.2) is 4.79 Å². The van der Waals surface area contributed by atoms with Crippen LogP contribution in [0.4, 0.5) is 0 Å². The maximum atomic E-state index is 11.3. The molecule has 0 bridgehead atoms. The lowest BCUT2D eigenvalue weighted by Crippen LogP contribution is -2.09. The van der Waals surface area contributed by atoms with E-state index < -0.39 is 5.97 Å². The Hall–Kier alpha value is -1.77. The number of hydrogen-bond acceptors (Lipinski definition) is 1. The zero-order chi connectivity index (χ0) is 12.0. The van der Waals surface area contributed by atoms with Crippen molar-refractivity contribution in [3.8, 4) is 0 Å². The van der Waals surface area contributed by atoms with Crippen LogP contribution in [0.15, 0.2) is 24.3 Å². The van der Waals surface area contributed by atoms with Crippen molar-refractivity contribution in [1.29, 1.82) is 0 Å². The molecule has 88 valence electrons. The minimum atomic E-state index is -0.832. The largest absolute Gasteiger partial charge is 0.477 e. The van der Waals surface area contributed by atoms with Gasteiger partial charge in [0.2, 0.25) is 0 Å². The molecular weight excluding hydrogens is 214 g/mol. The summed E-state index contributed by atoms with van der Waals surface area (Å²) in [6.45, 7) is 2.87. The van der Waals surface area contributed by atoms with E-state index in [2.05, 4.69) is 0 Å². The number of carboxylic acids is 1. The Balaban J connectivity index is 2.22. The molecule has 0 atom stereocenters. The number of nitrogens with zero attached hydrogens (tertiary/aromatic N) is 1. The van der Waals surface area contributed by atoms with Gasteiger partial charge in [-0.1, -0.05) is 12.1 Å². The van der Waals surface area contributed by atoms with Gasteiger partial charge in [0.05, 0.1) is 0 Å². The summed E-state index contributed by atoms with van der Waals surface area (Å²) in [6.07, 6.45) is 2.45. The highest BCUT2D eigenvalue weighted by Crippen LogP contribution is 2.33. The predicted molar refractivity (Wildman–Crippen MR) is 66.4 cm³/mol. The van der Waals surface area contributed by atoms with E-state index in [-0.39, 0.29) is 0 Å². The van der Waals surface area contributed by atoms with Crippen molar-refractivity contribution in [2.75, 3.05) is 0 Å². The maximum Gasteiger partial charge on any atom is 0.352 e. The number of aromatic carboxylic acids is 1. The van der Waals surface area contributed by atoms with Crippen LogP contribution in [-0.4, -0.2) is 15.6 Å². The molecule has 1 aromatic carbocycles. The maximum absolute atomic E-state index is 11.3. The molecule has 1 aliphatic rings. The number of benzene rings is 1. The molecule has 1 fully saturated rings. The number of carbonyl (C=O) groups is 1. The Morgan fingerprint density at radius 2 is 2.24 bits per heavy atom. The number of fused-ring (bicyclic) bond motifs is 1. The van der Waals surface area contributed by atoms with Crippen LogP contribution in [-0.2, 0) is 6.54 Å². The fourth-order valence-electron chi connectivity index (χ4n) is 2.37. The van der Waals surface area contributed by atoms with E-state index >= 15 is 0 Å². The van der Waals surface area contributed by atoms with Crippen molar-refractivity contribution in [3.63, 3.8) is 0 Å². The van der Waals surface area contributed by atoms with Gasteiger partial charge >= 0.3 is 5.97 Å². The van der Waals surface area contributed by atoms with Gasteiger partial charge in [0.25, 0.3) is 0 Å². The summed E-state index contributed by atoms with van der Waals surface area (Å²) < 4.78 is 1.96. The first-order valence-corrected chi connectivity index (χ1v) is 5.99. The third-order valence-electron chi connectivity index (χ3n) is 3.52. The second-order valence-corrected chi connectivity index (χ2v) is 4.90. The molecular formula is C14H15NO2. The molecule has 0 amide bonds. The average Bonchev–Trinajstić information content (AvgIpc) is 3.01. The summed E-state index contributed by atoms with van der Waals surface area (Å²) in [5.41, 5.74) is 2.61. The van der Waals surface area contributed by atoms with E-state index in [1.165, 1.54) is 12.8 Å². The Labute approximate surface area is 99.7 Å². The van der Waals surface area contributed by atoms with Crippen molar-refractivity contribution in [1.82, 2.24) is 4.57 Å². The van der Waals surface area contributed by atoms with Crippen molar-refractivity contribution < 1.29 is 9.90 Å². The number of aromatic nitrogens is 1. The molecule has 3 nitrogen and oxygen atoms in total. The van der Waals surface area contributed by atoms with Gasteiger partial charge in [-0.05, 0) is 43.4 Å². The minimum Gasteiger partial charge on any atom is -0.477 e. The monoisotopic (exact) mass is 229 g/mol. The second-order valence-electron chi connectivity index (χ2n) is 4.90. The number of hydrogen-bond donors (Lipinski definition) is 1. The van der Waals surface area contributed by atoms with E-state index in [1.807, 2.05) is 29.7 Å². The van der Waals surface area contributed by atoms with Gasteiger partial charge in [0.1, 0.15) is 5.69 Å². The smallest absolute Gasteiger partial charge is 0.352 e. The number of rotatable bonds is 3. The molecule has 3 heteroatoms. The van der Waals surface area contributed by atoms with Crippen molar-refractivity contribution >= 4 is 16.9 Å². The van der Waals surface area contributed by atoms with E-state index in [9.17, 15) is 9.90 Å². The highest BCUT2D eigenvalue weighted by molar-refractivity contribution is 5.95. The second kappa shape index (κ2) is 3.62. The third kappa shape index (κ3) is 1.71. The molecule has 1 N–H and O–H groups in total. The van der Waals surface area contributed by atoms with Crippen LogP contribution >= 0.6 is 0 Å². The minimum absolute atomic E-state index is 0.418. The van der Waals surface area contributed by atoms with Crippen molar-refractivity contribution in [3.05, 3.63) is 35.5 Å². The lowest BCUT2D eigenvalue weighted by Gasteiger charge is -2.07. The molecule has 1 saturated carbocycles. The lowest BCUT2D eigenvalue weighted by atomic mass is 10.1. The Morgan fingerprint density at radius 3 is 2.88 bits per heavy atom. The van der Waals surface area contributed by atoms with Gasteiger partial charge in [-0.2, -0.15) is 0 Å². The molecule has 17 heavy (non-hydrogen) atoms. The molecule has 2 aromatic rings. The first kappa shape index (κ1) is 10.4. The topological polar surface area (TPSA) is 42.2 Å². The van der Waals surface area contributed by atoms with Gasteiger partial charge in [0.15, 0.2) is 0 Å². The number of aryl methyl sites for hydroxylation is 1. The summed E-state index contributed by atoms with van der Waals surface area (Å²) in [5.74, 6) is -0.162. The van der Waals surface area contributed by atoms with Gasteiger partial charge in [-0.15, -0.1) is 0 Å². The van der Waals surface area contributed by atoms with Crippen LogP contribution in [0.3, 0.4) is 0 Å². The van der Waals surface area contributed by atoms with E-state index in [0.717, 1.165) is 23.0 Å². The molecule has 0 unspecified atom stereocenters. The zero-order valence-corrected chi connectivity index (χ0v) is 9.81. The van der Waals surface area contributed by atoms with Crippen molar-refractivity contribution in [2.24, 2.45) is 5.92 Å². The molecule has 3 rings (SSSR count). The SMILES string of the molecule is Cc1cccc2c1cc(C(=O)O)n2CC1CC1.